The van der Waals surface area contributed by atoms with Crippen LogP contribution in [0.25, 0.3) is 0 Å². The van der Waals surface area contributed by atoms with Crippen molar-refractivity contribution in [3.63, 3.8) is 0 Å². The van der Waals surface area contributed by atoms with Crippen LogP contribution in [0.3, 0.4) is 0 Å². The van der Waals surface area contributed by atoms with Crippen LogP contribution in [-0.4, -0.2) is 77.7 Å². The van der Waals surface area contributed by atoms with Crippen LogP contribution in [0.4, 0.5) is 28.9 Å². The van der Waals surface area contributed by atoms with Crippen molar-refractivity contribution in [3.05, 3.63) is 41.5 Å². The lowest BCUT2D eigenvalue weighted by atomic mass is 9.88. The summed E-state index contributed by atoms with van der Waals surface area (Å²) in [6, 6.07) is 3.16. The summed E-state index contributed by atoms with van der Waals surface area (Å²) in [4.78, 5) is 29.6. The van der Waals surface area contributed by atoms with Crippen LogP contribution in [0.15, 0.2) is 24.4 Å². The minimum atomic E-state index is -4.52. The van der Waals surface area contributed by atoms with E-state index < -0.39 is 48.5 Å². The van der Waals surface area contributed by atoms with Crippen molar-refractivity contribution < 1.29 is 32.3 Å². The third kappa shape index (κ3) is 7.86. The van der Waals surface area contributed by atoms with Crippen LogP contribution in [0.1, 0.15) is 74.5 Å². The first kappa shape index (κ1) is 32.7. The Labute approximate surface area is 249 Å². The van der Waals surface area contributed by atoms with Gasteiger partial charge in [0.15, 0.2) is 0 Å². The molecule has 2 aromatic rings. The molecule has 2 fully saturated rings. The van der Waals surface area contributed by atoms with E-state index in [-0.39, 0.29) is 23.2 Å². The fourth-order valence-corrected chi connectivity index (χ4v) is 5.90. The van der Waals surface area contributed by atoms with Gasteiger partial charge in [-0.1, -0.05) is 6.92 Å². The summed E-state index contributed by atoms with van der Waals surface area (Å²) in [5.74, 6) is -2.18. The van der Waals surface area contributed by atoms with Crippen LogP contribution >= 0.6 is 0 Å². The number of carbonyl (C=O) groups excluding carboxylic acids is 2. The number of aliphatic hydroxyl groups excluding tert-OH is 1. The quantitative estimate of drug-likeness (QED) is 0.223. The van der Waals surface area contributed by atoms with Gasteiger partial charge in [-0.3, -0.25) is 19.2 Å². The summed E-state index contributed by atoms with van der Waals surface area (Å²) in [5.41, 5.74) is 0.903. The number of halogens is 4. The number of hydrogen-bond donors (Lipinski definition) is 3. The Kier molecular flexibility index (Phi) is 9.75. The predicted octanol–water partition coefficient (Wildman–Crippen LogP) is 4.76. The summed E-state index contributed by atoms with van der Waals surface area (Å²) in [7, 11) is 4.50. The minimum absolute atomic E-state index is 0.0723. The Morgan fingerprint density at radius 1 is 1.09 bits per heavy atom. The standard InChI is InChI=1S/C30H42F4N6O3/c1-16(2)40-23(11-12-35-40)27(41)37-26(25(18-7-8-18)19-9-10-19)28(42)36-22-14-24(38(4)5)20(13-21(22)31)17(3)29(43)39(6)15-30(32,33)34/h11-14,16-19,25-26,29,43H,7-10,15H2,1-6H3,(H,36,42)(H,37,41)/t17?,26-,29?/m0/s1. The van der Waals surface area contributed by atoms with Crippen LogP contribution in [-0.2, 0) is 4.79 Å². The van der Waals surface area contributed by atoms with Gasteiger partial charge in [-0.25, -0.2) is 4.39 Å². The predicted molar refractivity (Wildman–Crippen MR) is 155 cm³/mol. The highest BCUT2D eigenvalue weighted by molar-refractivity contribution is 6.01. The van der Waals surface area contributed by atoms with E-state index in [1.165, 1.54) is 19.2 Å². The second-order valence-corrected chi connectivity index (χ2v) is 12.5. The lowest BCUT2D eigenvalue weighted by molar-refractivity contribution is -0.163. The number of alkyl halides is 3. The summed E-state index contributed by atoms with van der Waals surface area (Å²) >= 11 is 0. The normalized spacial score (nSPS) is 17.7. The second kappa shape index (κ2) is 12.8. The monoisotopic (exact) mass is 610 g/mol. The van der Waals surface area contributed by atoms with Gasteiger partial charge in [0.05, 0.1) is 12.2 Å². The van der Waals surface area contributed by atoms with Crippen molar-refractivity contribution in [3.8, 4) is 0 Å². The Morgan fingerprint density at radius 2 is 1.70 bits per heavy atom. The van der Waals surface area contributed by atoms with E-state index in [4.69, 9.17) is 0 Å². The summed E-state index contributed by atoms with van der Waals surface area (Å²) < 4.78 is 55.9. The van der Waals surface area contributed by atoms with Crippen molar-refractivity contribution in [1.29, 1.82) is 0 Å². The number of likely N-dealkylation sites (N-methyl/N-ethyl adjacent to an activating group) is 1. The van der Waals surface area contributed by atoms with E-state index in [0.29, 0.717) is 23.2 Å². The van der Waals surface area contributed by atoms with Crippen molar-refractivity contribution >= 4 is 23.2 Å². The summed E-state index contributed by atoms with van der Waals surface area (Å²) in [6.45, 7) is 3.98. The molecule has 13 heteroatoms. The minimum Gasteiger partial charge on any atom is -0.378 e. The average molecular weight is 611 g/mol. The number of anilines is 2. The van der Waals surface area contributed by atoms with Gasteiger partial charge in [0.2, 0.25) is 5.91 Å². The molecule has 2 aliphatic carbocycles. The maximum absolute atomic E-state index is 15.6. The number of carbonyl (C=O) groups is 2. The third-order valence-electron chi connectivity index (χ3n) is 8.35. The molecule has 2 unspecified atom stereocenters. The number of nitrogens with one attached hydrogen (secondary N) is 2. The van der Waals surface area contributed by atoms with E-state index in [2.05, 4.69) is 15.7 Å². The van der Waals surface area contributed by atoms with E-state index >= 15 is 4.39 Å². The molecule has 0 aliphatic heterocycles. The molecule has 1 aromatic carbocycles. The zero-order valence-electron chi connectivity index (χ0n) is 25.5. The van der Waals surface area contributed by atoms with E-state index in [0.717, 1.165) is 43.7 Å². The fourth-order valence-electron chi connectivity index (χ4n) is 5.90. The molecule has 0 spiro atoms. The largest absolute Gasteiger partial charge is 0.401 e. The van der Waals surface area contributed by atoms with Gasteiger partial charge in [0, 0.05) is 37.9 Å². The molecule has 4 rings (SSSR count). The molecule has 238 valence electrons. The lowest BCUT2D eigenvalue weighted by Crippen LogP contribution is -2.50. The zero-order valence-corrected chi connectivity index (χ0v) is 25.5. The third-order valence-corrected chi connectivity index (χ3v) is 8.35. The van der Waals surface area contributed by atoms with Crippen LogP contribution in [0.2, 0.25) is 0 Å². The molecule has 0 bridgehead atoms. The van der Waals surface area contributed by atoms with E-state index in [9.17, 15) is 27.9 Å². The summed E-state index contributed by atoms with van der Waals surface area (Å²) in [5, 5.41) is 20.5. The molecular weight excluding hydrogens is 568 g/mol. The molecule has 1 heterocycles. The highest BCUT2D eigenvalue weighted by Gasteiger charge is 2.48. The first-order valence-electron chi connectivity index (χ1n) is 14.7. The van der Waals surface area contributed by atoms with Gasteiger partial charge in [-0.05, 0) is 88.1 Å². The van der Waals surface area contributed by atoms with Crippen molar-refractivity contribution in [2.24, 2.45) is 17.8 Å². The number of amides is 2. The van der Waals surface area contributed by atoms with Gasteiger partial charge in [-0.15, -0.1) is 0 Å². The van der Waals surface area contributed by atoms with Crippen LogP contribution in [0, 0.1) is 23.6 Å². The number of benzene rings is 1. The Balaban J connectivity index is 1.61. The second-order valence-electron chi connectivity index (χ2n) is 12.5. The molecule has 0 saturated heterocycles. The van der Waals surface area contributed by atoms with Crippen LogP contribution < -0.4 is 15.5 Å². The van der Waals surface area contributed by atoms with Gasteiger partial charge in [0.25, 0.3) is 5.91 Å². The molecule has 1 aromatic heterocycles. The maximum atomic E-state index is 15.6. The van der Waals surface area contributed by atoms with Gasteiger partial charge < -0.3 is 20.6 Å². The molecule has 43 heavy (non-hydrogen) atoms. The first-order chi connectivity index (χ1) is 20.1. The highest BCUT2D eigenvalue weighted by Crippen LogP contribution is 2.51. The smallest absolute Gasteiger partial charge is 0.378 e. The lowest BCUT2D eigenvalue weighted by Gasteiger charge is -2.32. The zero-order chi connectivity index (χ0) is 31.8. The molecule has 3 N–H and O–H groups in total. The Morgan fingerprint density at radius 3 is 2.21 bits per heavy atom. The molecule has 2 saturated carbocycles. The maximum Gasteiger partial charge on any atom is 0.401 e. The van der Waals surface area contributed by atoms with Crippen molar-refractivity contribution in [1.82, 2.24) is 20.0 Å². The number of hydrogen-bond acceptors (Lipinski definition) is 6. The van der Waals surface area contributed by atoms with Crippen LogP contribution in [0.5, 0.6) is 0 Å². The number of aromatic nitrogens is 2. The van der Waals surface area contributed by atoms with Gasteiger partial charge in [0.1, 0.15) is 23.8 Å². The Bertz CT molecular complexity index is 1290. The van der Waals surface area contributed by atoms with Gasteiger partial charge in [-0.2, -0.15) is 18.3 Å². The number of aliphatic hydroxyl groups is 1. The SMILES string of the molecule is CC(c1cc(F)c(NC(=O)[C@@H](NC(=O)c2ccnn2C(C)C)C(C2CC2)C2CC2)cc1N(C)C)C(O)N(C)CC(F)(F)F. The van der Waals surface area contributed by atoms with E-state index in [1.807, 2.05) is 13.8 Å². The first-order valence-corrected chi connectivity index (χ1v) is 14.7. The van der Waals surface area contributed by atoms with Crippen molar-refractivity contribution in [2.45, 2.75) is 76.9 Å². The molecular formula is C30H42F4N6O3. The molecule has 0 radical (unpaired) electrons. The fraction of sp³-hybridized carbons (Fsp3) is 0.633. The number of rotatable bonds is 13. The Hall–Kier alpha value is -3.19. The molecule has 2 aliphatic rings. The molecule has 3 atom stereocenters. The average Bonchev–Trinajstić information content (AvgIpc) is 3.86. The van der Waals surface area contributed by atoms with E-state index in [1.54, 1.807) is 29.7 Å². The highest BCUT2D eigenvalue weighted by atomic mass is 19.4. The topological polar surface area (TPSA) is 103 Å². The van der Waals surface area contributed by atoms with Crippen molar-refractivity contribution in [2.75, 3.05) is 37.9 Å². The molecule has 9 nitrogen and oxygen atoms in total. The summed E-state index contributed by atoms with van der Waals surface area (Å²) in [6.07, 6.45) is -0.691. The van der Waals surface area contributed by atoms with Gasteiger partial charge >= 0.3 is 6.18 Å². The molecule has 2 amide bonds. The number of nitrogens with zero attached hydrogens (tertiary/aromatic N) is 4.